The van der Waals surface area contributed by atoms with Gasteiger partial charge in [0.05, 0.1) is 12.1 Å². The lowest BCUT2D eigenvalue weighted by atomic mass is 10.0. The summed E-state index contributed by atoms with van der Waals surface area (Å²) in [5, 5.41) is 9.05. The van der Waals surface area contributed by atoms with Crippen molar-refractivity contribution in [1.29, 1.82) is 0 Å². The number of benzene rings is 1. The predicted octanol–water partition coefficient (Wildman–Crippen LogP) is 1.87. The summed E-state index contributed by atoms with van der Waals surface area (Å²) < 4.78 is 18.5. The van der Waals surface area contributed by atoms with E-state index in [-0.39, 0.29) is 24.3 Å². The largest absolute Gasteiger partial charge is 0.495 e. The summed E-state index contributed by atoms with van der Waals surface area (Å²) in [6, 6.07) is 2.02. The first-order valence-corrected chi connectivity index (χ1v) is 4.88. The Labute approximate surface area is 92.6 Å². The number of halogens is 2. The molecular weight excluding hydrogens is 221 g/mol. The molecule has 1 unspecified atom stereocenters. The Balaban J connectivity index is 3.18. The van der Waals surface area contributed by atoms with Crippen LogP contribution in [0.25, 0.3) is 0 Å². The second-order valence-corrected chi connectivity index (χ2v) is 3.50. The van der Waals surface area contributed by atoms with Crippen molar-refractivity contribution in [3.63, 3.8) is 0 Å². The molecule has 1 atom stereocenters. The summed E-state index contributed by atoms with van der Waals surface area (Å²) in [6.07, 6.45) is 0.258. The third-order valence-corrected chi connectivity index (χ3v) is 2.41. The van der Waals surface area contributed by atoms with Crippen LogP contribution in [0.2, 0.25) is 5.02 Å². The number of aliphatic hydroxyl groups excluding tert-OH is 1. The molecule has 0 spiro atoms. The maximum Gasteiger partial charge on any atom is 0.145 e. The van der Waals surface area contributed by atoms with Gasteiger partial charge in [-0.15, -0.1) is 0 Å². The molecule has 84 valence electrons. The minimum atomic E-state index is -0.622. The number of rotatable bonds is 4. The monoisotopic (exact) mass is 233 g/mol. The van der Waals surface area contributed by atoms with Gasteiger partial charge in [0.2, 0.25) is 0 Å². The van der Waals surface area contributed by atoms with Crippen LogP contribution >= 0.6 is 11.6 Å². The number of hydrogen-bond acceptors (Lipinski definition) is 3. The predicted molar refractivity (Wildman–Crippen MR) is 56.6 cm³/mol. The highest BCUT2D eigenvalue weighted by molar-refractivity contribution is 6.32. The first-order chi connectivity index (χ1) is 7.11. The van der Waals surface area contributed by atoms with Crippen LogP contribution in [-0.2, 0) is 0 Å². The summed E-state index contributed by atoms with van der Waals surface area (Å²) >= 11 is 5.84. The van der Waals surface area contributed by atoms with Gasteiger partial charge in [-0.25, -0.2) is 4.39 Å². The van der Waals surface area contributed by atoms with E-state index in [0.717, 1.165) is 0 Å². The molecule has 15 heavy (non-hydrogen) atoms. The molecule has 0 aliphatic heterocycles. The van der Waals surface area contributed by atoms with Gasteiger partial charge in [-0.2, -0.15) is 0 Å². The molecule has 1 aromatic carbocycles. The average Bonchev–Trinajstić information content (AvgIpc) is 2.21. The minimum Gasteiger partial charge on any atom is -0.495 e. The molecule has 0 aliphatic carbocycles. The molecule has 0 saturated carbocycles. The lowest BCUT2D eigenvalue weighted by Gasteiger charge is -2.16. The maximum absolute atomic E-state index is 13.5. The topological polar surface area (TPSA) is 55.5 Å². The van der Waals surface area contributed by atoms with E-state index < -0.39 is 11.9 Å². The van der Waals surface area contributed by atoms with Crippen molar-refractivity contribution < 1.29 is 14.2 Å². The fraction of sp³-hybridized carbons (Fsp3) is 0.400. The summed E-state index contributed by atoms with van der Waals surface area (Å²) in [4.78, 5) is 0. The summed E-state index contributed by atoms with van der Waals surface area (Å²) in [7, 11) is 1.40. The summed E-state index contributed by atoms with van der Waals surface area (Å²) in [6.45, 7) is -0.115. The molecule has 0 aliphatic rings. The molecule has 0 amide bonds. The van der Waals surface area contributed by atoms with Crippen LogP contribution in [0, 0.1) is 5.82 Å². The molecule has 0 bridgehead atoms. The Hall–Kier alpha value is -0.840. The highest BCUT2D eigenvalue weighted by atomic mass is 35.5. The number of aliphatic hydroxyl groups is 1. The average molecular weight is 234 g/mol. The number of ether oxygens (including phenoxy) is 1. The first-order valence-electron chi connectivity index (χ1n) is 4.50. The Morgan fingerprint density at radius 3 is 2.80 bits per heavy atom. The van der Waals surface area contributed by atoms with Gasteiger partial charge >= 0.3 is 0 Å². The fourth-order valence-electron chi connectivity index (χ4n) is 1.39. The summed E-state index contributed by atoms with van der Waals surface area (Å²) in [5.74, 6) is -0.241. The molecule has 5 heteroatoms. The fourth-order valence-corrected chi connectivity index (χ4v) is 1.63. The van der Waals surface area contributed by atoms with E-state index >= 15 is 0 Å². The van der Waals surface area contributed by atoms with Crippen molar-refractivity contribution >= 4 is 11.6 Å². The molecule has 1 aromatic rings. The lowest BCUT2D eigenvalue weighted by molar-refractivity contribution is 0.273. The maximum atomic E-state index is 13.5. The van der Waals surface area contributed by atoms with E-state index in [2.05, 4.69) is 0 Å². The smallest absolute Gasteiger partial charge is 0.145 e. The molecule has 0 aromatic heterocycles. The summed E-state index contributed by atoms with van der Waals surface area (Å²) in [5.41, 5.74) is 5.92. The first kappa shape index (κ1) is 12.2. The van der Waals surface area contributed by atoms with Crippen LogP contribution in [0.1, 0.15) is 18.0 Å². The molecular formula is C10H13ClFNO2. The molecule has 0 heterocycles. The second-order valence-electron chi connectivity index (χ2n) is 3.09. The Kier molecular flexibility index (Phi) is 4.32. The Morgan fingerprint density at radius 2 is 2.27 bits per heavy atom. The number of nitrogens with two attached hydrogens (primary N) is 1. The van der Waals surface area contributed by atoms with E-state index in [0.29, 0.717) is 5.02 Å². The third kappa shape index (κ3) is 2.59. The van der Waals surface area contributed by atoms with Gasteiger partial charge in [-0.3, -0.25) is 0 Å². The molecule has 1 rings (SSSR count). The number of methoxy groups -OCH3 is 1. The quantitative estimate of drug-likeness (QED) is 0.835. The minimum absolute atomic E-state index is 0.115. The van der Waals surface area contributed by atoms with Gasteiger partial charge in [0, 0.05) is 18.2 Å². The van der Waals surface area contributed by atoms with E-state index in [1.807, 2.05) is 0 Å². The van der Waals surface area contributed by atoms with Gasteiger partial charge < -0.3 is 15.6 Å². The normalized spacial score (nSPS) is 12.6. The Bertz CT molecular complexity index is 346. The van der Waals surface area contributed by atoms with Crippen molar-refractivity contribution in [3.8, 4) is 5.75 Å². The van der Waals surface area contributed by atoms with E-state index in [4.69, 9.17) is 27.2 Å². The van der Waals surface area contributed by atoms with Crippen LogP contribution in [-0.4, -0.2) is 18.8 Å². The van der Waals surface area contributed by atoms with Crippen LogP contribution in [0.5, 0.6) is 5.75 Å². The van der Waals surface area contributed by atoms with Crippen molar-refractivity contribution in [1.82, 2.24) is 0 Å². The van der Waals surface area contributed by atoms with E-state index in [9.17, 15) is 4.39 Å². The highest BCUT2D eigenvalue weighted by Gasteiger charge is 2.19. The van der Waals surface area contributed by atoms with Crippen LogP contribution < -0.4 is 10.5 Å². The zero-order valence-electron chi connectivity index (χ0n) is 8.34. The molecule has 3 N–H and O–H groups in total. The van der Waals surface area contributed by atoms with Crippen LogP contribution in [0.15, 0.2) is 12.1 Å². The van der Waals surface area contributed by atoms with Gasteiger partial charge in [-0.1, -0.05) is 11.6 Å². The zero-order chi connectivity index (χ0) is 11.4. The second kappa shape index (κ2) is 5.30. The van der Waals surface area contributed by atoms with Gasteiger partial charge in [-0.05, 0) is 18.6 Å². The van der Waals surface area contributed by atoms with E-state index in [1.54, 1.807) is 0 Å². The molecule has 0 fully saturated rings. The Morgan fingerprint density at radius 1 is 1.60 bits per heavy atom. The van der Waals surface area contributed by atoms with Crippen molar-refractivity contribution in [3.05, 3.63) is 28.5 Å². The standard InChI is InChI=1S/C10H13ClFNO2/c1-15-10-6(11)2-3-7(12)9(10)8(13)4-5-14/h2-3,8,14H,4-5,13H2,1H3. The molecule has 3 nitrogen and oxygen atoms in total. The van der Waals surface area contributed by atoms with Crippen molar-refractivity contribution in [2.24, 2.45) is 5.73 Å². The van der Waals surface area contributed by atoms with Crippen molar-refractivity contribution in [2.75, 3.05) is 13.7 Å². The third-order valence-electron chi connectivity index (χ3n) is 2.11. The SMILES string of the molecule is COc1c(Cl)ccc(F)c1C(N)CCO. The zero-order valence-corrected chi connectivity index (χ0v) is 9.09. The van der Waals surface area contributed by atoms with Crippen molar-refractivity contribution in [2.45, 2.75) is 12.5 Å². The molecule has 0 radical (unpaired) electrons. The van der Waals surface area contributed by atoms with Gasteiger partial charge in [0.15, 0.2) is 0 Å². The highest BCUT2D eigenvalue weighted by Crippen LogP contribution is 2.34. The van der Waals surface area contributed by atoms with E-state index in [1.165, 1.54) is 19.2 Å². The lowest BCUT2D eigenvalue weighted by Crippen LogP contribution is -2.15. The number of hydrogen-bond donors (Lipinski definition) is 2. The van der Waals surface area contributed by atoms with Crippen LogP contribution in [0.4, 0.5) is 4.39 Å². The van der Waals surface area contributed by atoms with Gasteiger partial charge in [0.25, 0.3) is 0 Å². The van der Waals surface area contributed by atoms with Gasteiger partial charge in [0.1, 0.15) is 11.6 Å². The molecule has 0 saturated heterocycles. The van der Waals surface area contributed by atoms with Crippen LogP contribution in [0.3, 0.4) is 0 Å².